The van der Waals surface area contributed by atoms with Crippen LogP contribution in [0.15, 0.2) is 29.2 Å². The zero-order valence-electron chi connectivity index (χ0n) is 10.8. The minimum Gasteiger partial charge on any atom is -0.385 e. The summed E-state index contributed by atoms with van der Waals surface area (Å²) in [5.41, 5.74) is 0.687. The first-order valence-electron chi connectivity index (χ1n) is 5.81. The first-order chi connectivity index (χ1) is 8.93. The van der Waals surface area contributed by atoms with Gasteiger partial charge in [0.1, 0.15) is 0 Å². The van der Waals surface area contributed by atoms with Gasteiger partial charge in [-0.1, -0.05) is 12.1 Å². The van der Waals surface area contributed by atoms with Gasteiger partial charge in [0.2, 0.25) is 15.9 Å². The largest absolute Gasteiger partial charge is 0.385 e. The maximum absolute atomic E-state index is 11.5. The zero-order valence-corrected chi connectivity index (χ0v) is 11.6. The van der Waals surface area contributed by atoms with E-state index in [1.54, 1.807) is 19.2 Å². The number of carbonyl (C=O) groups excluding carboxylic acids is 1. The fraction of sp³-hybridized carbons (Fsp3) is 0.417. The summed E-state index contributed by atoms with van der Waals surface area (Å²) in [5.74, 6) is -0.0990. The van der Waals surface area contributed by atoms with Crippen molar-refractivity contribution in [1.82, 2.24) is 5.32 Å². The Kier molecular flexibility index (Phi) is 5.94. The van der Waals surface area contributed by atoms with E-state index in [1.165, 1.54) is 12.1 Å². The van der Waals surface area contributed by atoms with Crippen molar-refractivity contribution in [2.75, 3.05) is 13.7 Å². The molecule has 6 nitrogen and oxygen atoms in total. The summed E-state index contributed by atoms with van der Waals surface area (Å²) in [5, 5.41) is 7.74. The van der Waals surface area contributed by atoms with Gasteiger partial charge in [-0.2, -0.15) is 0 Å². The van der Waals surface area contributed by atoms with Crippen molar-refractivity contribution in [3.05, 3.63) is 29.8 Å². The molecule has 0 aliphatic carbocycles. The molecule has 1 amide bonds. The van der Waals surface area contributed by atoms with E-state index in [0.717, 1.165) is 0 Å². The van der Waals surface area contributed by atoms with Crippen LogP contribution in [0.4, 0.5) is 0 Å². The Morgan fingerprint density at radius 2 is 2.16 bits per heavy atom. The minimum absolute atomic E-state index is 0.0404. The van der Waals surface area contributed by atoms with E-state index < -0.39 is 10.0 Å². The van der Waals surface area contributed by atoms with Gasteiger partial charge in [-0.25, -0.2) is 13.6 Å². The molecule has 0 saturated heterocycles. The van der Waals surface area contributed by atoms with E-state index in [2.05, 4.69) is 5.32 Å². The third kappa shape index (κ3) is 5.82. The van der Waals surface area contributed by atoms with Gasteiger partial charge in [-0.15, -0.1) is 0 Å². The normalized spacial score (nSPS) is 11.3. The molecule has 3 N–H and O–H groups in total. The summed E-state index contributed by atoms with van der Waals surface area (Å²) >= 11 is 0. The van der Waals surface area contributed by atoms with Crippen molar-refractivity contribution in [2.24, 2.45) is 5.14 Å². The molecule has 1 aromatic rings. The van der Waals surface area contributed by atoms with Crippen LogP contribution in [0.3, 0.4) is 0 Å². The number of ether oxygens (including phenoxy) is 1. The summed E-state index contributed by atoms with van der Waals surface area (Å²) in [4.78, 5) is 11.5. The molecule has 0 aromatic heterocycles. The minimum atomic E-state index is -3.71. The quantitative estimate of drug-likeness (QED) is 0.708. The second-order valence-electron chi connectivity index (χ2n) is 4.07. The summed E-state index contributed by atoms with van der Waals surface area (Å²) < 4.78 is 27.2. The van der Waals surface area contributed by atoms with Crippen molar-refractivity contribution < 1.29 is 17.9 Å². The van der Waals surface area contributed by atoms with Crippen molar-refractivity contribution in [3.63, 3.8) is 0 Å². The molecular formula is C12H18N2O4S. The molecule has 0 radical (unpaired) electrons. The maximum Gasteiger partial charge on any atom is 0.238 e. The molecule has 0 fully saturated rings. The van der Waals surface area contributed by atoms with Gasteiger partial charge in [0.05, 0.1) is 4.90 Å². The third-order valence-electron chi connectivity index (χ3n) is 2.47. The highest BCUT2D eigenvalue weighted by Crippen LogP contribution is 2.09. The molecule has 7 heteroatoms. The molecule has 1 rings (SSSR count). The molecule has 1 aromatic carbocycles. The summed E-state index contributed by atoms with van der Waals surface area (Å²) in [6.45, 7) is 0.809. The van der Waals surface area contributed by atoms with Crippen LogP contribution >= 0.6 is 0 Å². The number of primary sulfonamides is 1. The predicted octanol–water partition coefficient (Wildman–Crippen LogP) is 0.377. The van der Waals surface area contributed by atoms with Crippen LogP contribution in [-0.2, 0) is 26.1 Å². The second-order valence-corrected chi connectivity index (χ2v) is 5.63. The predicted molar refractivity (Wildman–Crippen MR) is 70.8 cm³/mol. The van der Waals surface area contributed by atoms with Gasteiger partial charge in [-0.3, -0.25) is 4.79 Å². The number of carbonyl (C=O) groups is 1. The Morgan fingerprint density at radius 1 is 1.42 bits per heavy atom. The van der Waals surface area contributed by atoms with Crippen LogP contribution in [0.2, 0.25) is 0 Å². The number of benzene rings is 1. The van der Waals surface area contributed by atoms with E-state index in [9.17, 15) is 13.2 Å². The highest BCUT2D eigenvalue weighted by molar-refractivity contribution is 7.89. The topological polar surface area (TPSA) is 98.5 Å². The fourth-order valence-corrected chi connectivity index (χ4v) is 2.08. The molecule has 106 valence electrons. The lowest BCUT2D eigenvalue weighted by Crippen LogP contribution is -2.23. The Morgan fingerprint density at radius 3 is 2.79 bits per heavy atom. The Labute approximate surface area is 113 Å². The van der Waals surface area contributed by atoms with E-state index in [1.807, 2.05) is 0 Å². The second kappa shape index (κ2) is 7.22. The Bertz CT molecular complexity index is 528. The third-order valence-corrected chi connectivity index (χ3v) is 3.38. The first kappa shape index (κ1) is 15.6. The molecule has 0 heterocycles. The van der Waals surface area contributed by atoms with Crippen LogP contribution in [0.25, 0.3) is 0 Å². The van der Waals surface area contributed by atoms with Crippen molar-refractivity contribution >= 4 is 15.9 Å². The Balaban J connectivity index is 2.52. The van der Waals surface area contributed by atoms with Crippen molar-refractivity contribution in [1.29, 1.82) is 0 Å². The number of nitrogens with one attached hydrogen (secondary N) is 1. The molecule has 0 aliphatic heterocycles. The van der Waals surface area contributed by atoms with Crippen molar-refractivity contribution in [3.8, 4) is 0 Å². The summed E-state index contributed by atoms with van der Waals surface area (Å²) in [7, 11) is -2.13. The highest BCUT2D eigenvalue weighted by Gasteiger charge is 2.08. The number of sulfonamides is 1. The monoisotopic (exact) mass is 286 g/mol. The number of hydrogen-bond donors (Lipinski definition) is 2. The van der Waals surface area contributed by atoms with Crippen LogP contribution in [0.1, 0.15) is 18.4 Å². The van der Waals surface area contributed by atoms with Gasteiger partial charge in [0.15, 0.2) is 0 Å². The van der Waals surface area contributed by atoms with Crippen molar-refractivity contribution in [2.45, 2.75) is 24.3 Å². The van der Waals surface area contributed by atoms with Gasteiger partial charge < -0.3 is 10.1 Å². The fourth-order valence-electron chi connectivity index (χ4n) is 1.50. The standard InChI is InChI=1S/C12H18N2O4S/c1-18-7-3-6-12(15)14-9-10-4-2-5-11(8-10)19(13,16)17/h2,4-5,8H,3,6-7,9H2,1H3,(H,14,15)(H2,13,16,17). The molecule has 19 heavy (non-hydrogen) atoms. The van der Waals surface area contributed by atoms with Gasteiger partial charge in [0.25, 0.3) is 0 Å². The van der Waals surface area contributed by atoms with Crippen LogP contribution in [-0.4, -0.2) is 28.0 Å². The molecule has 0 spiro atoms. The average molecular weight is 286 g/mol. The number of nitrogens with two attached hydrogens (primary N) is 1. The van der Waals surface area contributed by atoms with E-state index in [4.69, 9.17) is 9.88 Å². The molecule has 0 atom stereocenters. The van der Waals surface area contributed by atoms with Gasteiger partial charge in [0, 0.05) is 26.7 Å². The molecule has 0 unspecified atom stereocenters. The molecule has 0 bridgehead atoms. The lowest BCUT2D eigenvalue weighted by Gasteiger charge is -2.06. The average Bonchev–Trinajstić information content (AvgIpc) is 2.36. The molecular weight excluding hydrogens is 268 g/mol. The highest BCUT2D eigenvalue weighted by atomic mass is 32.2. The summed E-state index contributed by atoms with van der Waals surface area (Å²) in [6.07, 6.45) is 1.03. The molecule has 0 saturated carbocycles. The van der Waals surface area contributed by atoms with Gasteiger partial charge >= 0.3 is 0 Å². The van der Waals surface area contributed by atoms with E-state index >= 15 is 0 Å². The first-order valence-corrected chi connectivity index (χ1v) is 7.35. The van der Waals surface area contributed by atoms with Crippen LogP contribution in [0, 0.1) is 0 Å². The van der Waals surface area contributed by atoms with Gasteiger partial charge in [-0.05, 0) is 24.1 Å². The number of hydrogen-bond acceptors (Lipinski definition) is 4. The lowest BCUT2D eigenvalue weighted by atomic mass is 10.2. The smallest absolute Gasteiger partial charge is 0.238 e. The number of amides is 1. The van der Waals surface area contributed by atoms with Crippen LogP contribution < -0.4 is 10.5 Å². The van der Waals surface area contributed by atoms with E-state index in [-0.39, 0.29) is 17.3 Å². The molecule has 0 aliphatic rings. The zero-order chi connectivity index (χ0) is 14.3. The number of rotatable bonds is 7. The van der Waals surface area contributed by atoms with Crippen LogP contribution in [0.5, 0.6) is 0 Å². The van der Waals surface area contributed by atoms with E-state index in [0.29, 0.717) is 25.0 Å². The SMILES string of the molecule is COCCCC(=O)NCc1cccc(S(N)(=O)=O)c1. The maximum atomic E-state index is 11.5. The summed E-state index contributed by atoms with van der Waals surface area (Å²) in [6, 6.07) is 6.18. The number of methoxy groups -OCH3 is 1. The lowest BCUT2D eigenvalue weighted by molar-refractivity contribution is -0.121. The Hall–Kier alpha value is -1.44.